The predicted octanol–water partition coefficient (Wildman–Crippen LogP) is 4.35. The van der Waals surface area contributed by atoms with Crippen molar-refractivity contribution < 1.29 is 4.39 Å². The van der Waals surface area contributed by atoms with Crippen LogP contribution in [0.2, 0.25) is 0 Å². The minimum atomic E-state index is -0.179. The summed E-state index contributed by atoms with van der Waals surface area (Å²) in [4.78, 5) is 0. The van der Waals surface area contributed by atoms with Crippen LogP contribution in [0.5, 0.6) is 0 Å². The van der Waals surface area contributed by atoms with Crippen molar-refractivity contribution in [3.63, 3.8) is 0 Å². The summed E-state index contributed by atoms with van der Waals surface area (Å²) in [7, 11) is 0. The van der Waals surface area contributed by atoms with E-state index >= 15 is 0 Å². The third-order valence-electron chi connectivity index (χ3n) is 3.65. The molecule has 0 spiro atoms. The molecule has 1 nitrogen and oxygen atoms in total. The SMILES string of the molecule is CSC1(CNCc2cc(F)cc(Br)c2)CCCC1. The Hall–Kier alpha value is -0.0600. The van der Waals surface area contributed by atoms with Crippen molar-refractivity contribution >= 4 is 27.7 Å². The van der Waals surface area contributed by atoms with E-state index < -0.39 is 0 Å². The highest BCUT2D eigenvalue weighted by Gasteiger charge is 2.32. The van der Waals surface area contributed by atoms with Gasteiger partial charge in [0.2, 0.25) is 0 Å². The molecular weight excluding hydrogens is 313 g/mol. The highest BCUT2D eigenvalue weighted by atomic mass is 79.9. The van der Waals surface area contributed by atoms with Crippen LogP contribution in [0.4, 0.5) is 4.39 Å². The Bertz CT molecular complexity index is 385. The van der Waals surface area contributed by atoms with Gasteiger partial charge in [-0.25, -0.2) is 4.39 Å². The molecule has 1 aromatic rings. The van der Waals surface area contributed by atoms with Crippen LogP contribution in [-0.2, 0) is 6.54 Å². The third-order valence-corrected chi connectivity index (χ3v) is 5.52. The second-order valence-electron chi connectivity index (χ2n) is 4.98. The molecule has 0 radical (unpaired) electrons. The number of halogens is 2. The number of benzene rings is 1. The zero-order valence-corrected chi connectivity index (χ0v) is 13.0. The van der Waals surface area contributed by atoms with Gasteiger partial charge in [-0.2, -0.15) is 11.8 Å². The van der Waals surface area contributed by atoms with Gasteiger partial charge >= 0.3 is 0 Å². The van der Waals surface area contributed by atoms with Crippen molar-refractivity contribution in [2.75, 3.05) is 12.8 Å². The summed E-state index contributed by atoms with van der Waals surface area (Å²) in [6.45, 7) is 1.75. The van der Waals surface area contributed by atoms with Crippen LogP contribution in [0, 0.1) is 5.82 Å². The van der Waals surface area contributed by atoms with Crippen LogP contribution in [0.15, 0.2) is 22.7 Å². The molecule has 4 heteroatoms. The normalized spacial score (nSPS) is 18.2. The largest absolute Gasteiger partial charge is 0.311 e. The Kier molecular flexibility index (Phi) is 5.10. The zero-order valence-electron chi connectivity index (χ0n) is 10.6. The molecule has 18 heavy (non-hydrogen) atoms. The fourth-order valence-electron chi connectivity index (χ4n) is 2.62. The predicted molar refractivity (Wildman–Crippen MR) is 80.5 cm³/mol. The molecule has 1 aliphatic rings. The molecule has 0 amide bonds. The summed E-state index contributed by atoms with van der Waals surface area (Å²) in [5, 5.41) is 3.48. The van der Waals surface area contributed by atoms with Gasteiger partial charge in [-0.15, -0.1) is 0 Å². The monoisotopic (exact) mass is 331 g/mol. The number of nitrogens with one attached hydrogen (secondary N) is 1. The van der Waals surface area contributed by atoms with E-state index in [9.17, 15) is 4.39 Å². The van der Waals surface area contributed by atoms with Crippen LogP contribution >= 0.6 is 27.7 Å². The summed E-state index contributed by atoms with van der Waals surface area (Å²) in [6.07, 6.45) is 7.48. The smallest absolute Gasteiger partial charge is 0.124 e. The number of thioether (sulfide) groups is 1. The minimum Gasteiger partial charge on any atom is -0.311 e. The topological polar surface area (TPSA) is 12.0 Å². The van der Waals surface area contributed by atoms with Gasteiger partial charge in [-0.05, 0) is 42.9 Å². The first-order chi connectivity index (χ1) is 8.63. The van der Waals surface area contributed by atoms with Crippen molar-refractivity contribution in [1.82, 2.24) is 5.32 Å². The molecule has 0 heterocycles. The van der Waals surface area contributed by atoms with Gasteiger partial charge in [0, 0.05) is 22.3 Å². The number of rotatable bonds is 5. The van der Waals surface area contributed by atoms with Crippen LogP contribution < -0.4 is 5.32 Å². The Morgan fingerprint density at radius 3 is 2.67 bits per heavy atom. The number of hydrogen-bond donors (Lipinski definition) is 1. The minimum absolute atomic E-state index is 0.179. The third kappa shape index (κ3) is 3.72. The molecule has 0 bridgehead atoms. The van der Waals surface area contributed by atoms with Gasteiger partial charge in [0.1, 0.15) is 5.82 Å². The average molecular weight is 332 g/mol. The lowest BCUT2D eigenvalue weighted by Gasteiger charge is -2.27. The fourth-order valence-corrected chi connectivity index (χ4v) is 4.08. The molecule has 0 saturated heterocycles. The fraction of sp³-hybridized carbons (Fsp3) is 0.571. The second kappa shape index (κ2) is 6.40. The maximum Gasteiger partial charge on any atom is 0.124 e. The first-order valence-electron chi connectivity index (χ1n) is 6.34. The van der Waals surface area contributed by atoms with Crippen molar-refractivity contribution in [2.24, 2.45) is 0 Å². The van der Waals surface area contributed by atoms with Crippen molar-refractivity contribution in [1.29, 1.82) is 0 Å². The molecule has 1 N–H and O–H groups in total. The molecule has 1 fully saturated rings. The molecule has 100 valence electrons. The molecular formula is C14H19BrFNS. The molecule has 1 saturated carbocycles. The van der Waals surface area contributed by atoms with E-state index in [4.69, 9.17) is 0 Å². The van der Waals surface area contributed by atoms with Gasteiger partial charge in [0.15, 0.2) is 0 Å². The zero-order chi connectivity index (χ0) is 13.0. The van der Waals surface area contributed by atoms with E-state index in [1.54, 1.807) is 6.07 Å². The maximum atomic E-state index is 13.2. The molecule has 1 aliphatic carbocycles. The standard InChI is InChI=1S/C14H19BrFNS/c1-18-14(4-2-3-5-14)10-17-9-11-6-12(15)8-13(16)7-11/h6-8,17H,2-5,9-10H2,1H3. The lowest BCUT2D eigenvalue weighted by atomic mass is 10.1. The highest BCUT2D eigenvalue weighted by Crippen LogP contribution is 2.39. The first kappa shape index (κ1) is 14.4. The molecule has 0 aromatic heterocycles. The molecule has 1 aromatic carbocycles. The van der Waals surface area contributed by atoms with E-state index in [0.717, 1.165) is 23.1 Å². The first-order valence-corrected chi connectivity index (χ1v) is 8.36. The lowest BCUT2D eigenvalue weighted by Crippen LogP contribution is -2.34. The Morgan fingerprint density at radius 2 is 2.06 bits per heavy atom. The van der Waals surface area contributed by atoms with Crippen LogP contribution in [0.1, 0.15) is 31.2 Å². The van der Waals surface area contributed by atoms with E-state index in [2.05, 4.69) is 27.5 Å². The lowest BCUT2D eigenvalue weighted by molar-refractivity contribution is 0.532. The molecule has 0 unspecified atom stereocenters. The van der Waals surface area contributed by atoms with Gasteiger partial charge < -0.3 is 5.32 Å². The molecule has 2 rings (SSSR count). The van der Waals surface area contributed by atoms with Crippen molar-refractivity contribution in [2.45, 2.75) is 37.0 Å². The Labute approximate surface area is 121 Å². The summed E-state index contributed by atoms with van der Waals surface area (Å²) in [5.74, 6) is -0.179. The van der Waals surface area contributed by atoms with Gasteiger partial charge in [0.25, 0.3) is 0 Å². The van der Waals surface area contributed by atoms with Gasteiger partial charge in [0.05, 0.1) is 0 Å². The summed E-state index contributed by atoms with van der Waals surface area (Å²) in [5.41, 5.74) is 0.996. The van der Waals surface area contributed by atoms with E-state index in [1.165, 1.54) is 31.7 Å². The highest BCUT2D eigenvalue weighted by molar-refractivity contribution is 9.10. The summed E-state index contributed by atoms with van der Waals surface area (Å²) >= 11 is 5.30. The quantitative estimate of drug-likeness (QED) is 0.860. The second-order valence-corrected chi connectivity index (χ2v) is 7.17. The number of hydrogen-bond acceptors (Lipinski definition) is 2. The summed E-state index contributed by atoms with van der Waals surface area (Å²) < 4.78 is 14.4. The maximum absolute atomic E-state index is 13.2. The van der Waals surface area contributed by atoms with Gasteiger partial charge in [-0.3, -0.25) is 0 Å². The van der Waals surface area contributed by atoms with Crippen LogP contribution in [-0.4, -0.2) is 17.5 Å². The summed E-state index contributed by atoms with van der Waals surface area (Å²) in [6, 6.07) is 5.05. The Balaban J connectivity index is 1.87. The molecule has 0 atom stereocenters. The van der Waals surface area contributed by atoms with Crippen LogP contribution in [0.25, 0.3) is 0 Å². The van der Waals surface area contributed by atoms with E-state index in [0.29, 0.717) is 4.75 Å². The molecule has 0 aliphatic heterocycles. The van der Waals surface area contributed by atoms with E-state index in [1.807, 2.05) is 17.8 Å². The van der Waals surface area contributed by atoms with Crippen molar-refractivity contribution in [3.05, 3.63) is 34.1 Å². The van der Waals surface area contributed by atoms with E-state index in [-0.39, 0.29) is 5.82 Å². The average Bonchev–Trinajstić information content (AvgIpc) is 2.77. The van der Waals surface area contributed by atoms with Crippen molar-refractivity contribution in [3.8, 4) is 0 Å². The van der Waals surface area contributed by atoms with Gasteiger partial charge in [-0.1, -0.05) is 28.8 Å². The Morgan fingerprint density at radius 1 is 1.33 bits per heavy atom. The van der Waals surface area contributed by atoms with Crippen LogP contribution in [0.3, 0.4) is 0 Å².